The lowest BCUT2D eigenvalue weighted by Crippen LogP contribution is -2.10. The molecule has 1 unspecified atom stereocenters. The highest BCUT2D eigenvalue weighted by Gasteiger charge is 2.45. The van der Waals surface area contributed by atoms with E-state index in [2.05, 4.69) is 56.0 Å². The highest BCUT2D eigenvalue weighted by Crippen LogP contribution is 2.44. The summed E-state index contributed by atoms with van der Waals surface area (Å²) in [5.74, 6) is 0. The third-order valence-electron chi connectivity index (χ3n) is 2.90. The van der Waals surface area contributed by atoms with Gasteiger partial charge in [-0.3, -0.25) is 4.90 Å². The third kappa shape index (κ3) is 1.49. The van der Waals surface area contributed by atoms with Crippen LogP contribution in [0.5, 0.6) is 0 Å². The monoisotopic (exact) mass is 175 g/mol. The van der Waals surface area contributed by atoms with E-state index in [0.717, 1.165) is 6.04 Å². The van der Waals surface area contributed by atoms with Gasteiger partial charge in [0.1, 0.15) is 0 Å². The Morgan fingerprint density at radius 3 is 2.23 bits per heavy atom. The van der Waals surface area contributed by atoms with Crippen molar-refractivity contribution in [2.24, 2.45) is 0 Å². The van der Waals surface area contributed by atoms with Crippen molar-refractivity contribution in [1.82, 2.24) is 4.90 Å². The summed E-state index contributed by atoms with van der Waals surface area (Å²) in [5, 5.41) is 0. The fraction of sp³-hybridized carbons (Fsp3) is 0.500. The van der Waals surface area contributed by atoms with Crippen molar-refractivity contribution < 1.29 is 0 Å². The van der Waals surface area contributed by atoms with Crippen LogP contribution in [-0.4, -0.2) is 17.0 Å². The van der Waals surface area contributed by atoms with Gasteiger partial charge in [-0.25, -0.2) is 0 Å². The minimum absolute atomic E-state index is 0.667. The second-order valence-corrected chi connectivity index (χ2v) is 4.14. The molecule has 0 N–H and O–H groups in total. The molecule has 70 valence electrons. The Kier molecular flexibility index (Phi) is 2.12. The van der Waals surface area contributed by atoms with Gasteiger partial charge >= 0.3 is 0 Å². The number of nitrogens with zero attached hydrogens (tertiary/aromatic N) is 1. The molecule has 13 heavy (non-hydrogen) atoms. The van der Waals surface area contributed by atoms with Crippen molar-refractivity contribution >= 4 is 0 Å². The highest BCUT2D eigenvalue weighted by molar-refractivity contribution is 5.26. The first-order valence-corrected chi connectivity index (χ1v) is 5.04. The van der Waals surface area contributed by atoms with Gasteiger partial charge in [0.2, 0.25) is 0 Å². The quantitative estimate of drug-likeness (QED) is 0.625. The van der Waals surface area contributed by atoms with Crippen molar-refractivity contribution in [2.45, 2.75) is 38.9 Å². The van der Waals surface area contributed by atoms with E-state index < -0.39 is 0 Å². The van der Waals surface area contributed by atoms with Crippen LogP contribution in [-0.2, 0) is 0 Å². The second-order valence-electron chi connectivity index (χ2n) is 4.14. The molecule has 1 heterocycles. The summed E-state index contributed by atoms with van der Waals surface area (Å²) in [6.45, 7) is 6.83. The molecule has 2 rings (SSSR count). The summed E-state index contributed by atoms with van der Waals surface area (Å²) in [4.78, 5) is 2.54. The lowest BCUT2D eigenvalue weighted by atomic mass is 10.1. The molecule has 1 saturated heterocycles. The number of rotatable bonds is 2. The zero-order valence-corrected chi connectivity index (χ0v) is 8.57. The average Bonchev–Trinajstić information content (AvgIpc) is 2.79. The molecule has 0 saturated carbocycles. The van der Waals surface area contributed by atoms with Crippen molar-refractivity contribution in [3.8, 4) is 0 Å². The molecule has 1 aromatic carbocycles. The van der Waals surface area contributed by atoms with Crippen LogP contribution in [0.4, 0.5) is 0 Å². The molecular formula is C12H17N. The van der Waals surface area contributed by atoms with Crippen LogP contribution in [0.15, 0.2) is 30.3 Å². The smallest absolute Gasteiger partial charge is 0.0507 e. The van der Waals surface area contributed by atoms with Crippen LogP contribution >= 0.6 is 0 Å². The topological polar surface area (TPSA) is 3.01 Å². The molecule has 0 radical (unpaired) electrons. The maximum Gasteiger partial charge on any atom is 0.0507 e. The first-order chi connectivity index (χ1) is 6.22. The molecule has 1 fully saturated rings. The van der Waals surface area contributed by atoms with Crippen LogP contribution in [0.1, 0.15) is 32.4 Å². The maximum atomic E-state index is 2.54. The SMILES string of the molecule is CC(C)N1[C@H](c2ccccc2)[C@@H]1C. The summed E-state index contributed by atoms with van der Waals surface area (Å²) >= 11 is 0. The molecule has 1 aliphatic heterocycles. The van der Waals surface area contributed by atoms with E-state index in [1.54, 1.807) is 0 Å². The third-order valence-corrected chi connectivity index (χ3v) is 2.90. The largest absolute Gasteiger partial charge is 0.288 e. The Hall–Kier alpha value is -0.820. The Bertz CT molecular complexity index is 278. The molecule has 1 heteroatoms. The van der Waals surface area contributed by atoms with Crippen molar-refractivity contribution in [3.05, 3.63) is 35.9 Å². The predicted molar refractivity (Wildman–Crippen MR) is 55.6 cm³/mol. The van der Waals surface area contributed by atoms with Gasteiger partial charge < -0.3 is 0 Å². The minimum atomic E-state index is 0.667. The van der Waals surface area contributed by atoms with Crippen molar-refractivity contribution in [2.75, 3.05) is 0 Å². The van der Waals surface area contributed by atoms with Gasteiger partial charge in [-0.1, -0.05) is 30.3 Å². The first kappa shape index (κ1) is 8.76. The van der Waals surface area contributed by atoms with E-state index in [9.17, 15) is 0 Å². The molecule has 0 aromatic heterocycles. The molecule has 0 aliphatic carbocycles. The molecule has 1 aromatic rings. The van der Waals surface area contributed by atoms with E-state index >= 15 is 0 Å². The minimum Gasteiger partial charge on any atom is -0.288 e. The van der Waals surface area contributed by atoms with E-state index in [1.807, 2.05) is 0 Å². The van der Waals surface area contributed by atoms with Gasteiger partial charge in [0.15, 0.2) is 0 Å². The highest BCUT2D eigenvalue weighted by atomic mass is 15.4. The van der Waals surface area contributed by atoms with Gasteiger partial charge in [-0.15, -0.1) is 0 Å². The van der Waals surface area contributed by atoms with Crippen molar-refractivity contribution in [3.63, 3.8) is 0 Å². The summed E-state index contributed by atoms with van der Waals surface area (Å²) in [6.07, 6.45) is 0. The van der Waals surface area contributed by atoms with Crippen LogP contribution < -0.4 is 0 Å². The molecular weight excluding hydrogens is 158 g/mol. The van der Waals surface area contributed by atoms with E-state index in [4.69, 9.17) is 0 Å². The molecule has 3 atom stereocenters. The number of hydrogen-bond acceptors (Lipinski definition) is 1. The molecule has 1 nitrogen and oxygen atoms in total. The number of benzene rings is 1. The average molecular weight is 175 g/mol. The van der Waals surface area contributed by atoms with E-state index in [-0.39, 0.29) is 0 Å². The van der Waals surface area contributed by atoms with Crippen LogP contribution in [0.25, 0.3) is 0 Å². The summed E-state index contributed by atoms with van der Waals surface area (Å²) in [6, 6.07) is 12.8. The Labute approximate surface area is 80.4 Å². The van der Waals surface area contributed by atoms with Gasteiger partial charge in [-0.05, 0) is 26.3 Å². The fourth-order valence-corrected chi connectivity index (χ4v) is 2.26. The molecule has 0 spiro atoms. The zero-order chi connectivity index (χ0) is 9.42. The van der Waals surface area contributed by atoms with Gasteiger partial charge in [-0.2, -0.15) is 0 Å². The van der Waals surface area contributed by atoms with Crippen LogP contribution in [0, 0.1) is 0 Å². The van der Waals surface area contributed by atoms with Crippen LogP contribution in [0.2, 0.25) is 0 Å². The van der Waals surface area contributed by atoms with E-state index in [0.29, 0.717) is 12.1 Å². The molecule has 0 amide bonds. The summed E-state index contributed by atoms with van der Waals surface area (Å²) < 4.78 is 0. The molecule has 0 bridgehead atoms. The molecule has 1 aliphatic rings. The standard InChI is InChI=1S/C12H17N/c1-9(2)13-10(3)12(13)11-7-5-4-6-8-11/h4-10,12H,1-3H3/t10-,12-,13?/m0/s1. The second kappa shape index (κ2) is 3.15. The summed E-state index contributed by atoms with van der Waals surface area (Å²) in [7, 11) is 0. The Balaban J connectivity index is 2.14. The van der Waals surface area contributed by atoms with Crippen LogP contribution in [0.3, 0.4) is 0 Å². The lowest BCUT2D eigenvalue weighted by molar-refractivity contribution is 0.404. The lowest BCUT2D eigenvalue weighted by Gasteiger charge is -2.06. The van der Waals surface area contributed by atoms with E-state index in [1.165, 1.54) is 5.56 Å². The first-order valence-electron chi connectivity index (χ1n) is 5.04. The maximum absolute atomic E-state index is 2.54. The normalized spacial score (nSPS) is 32.2. The fourth-order valence-electron chi connectivity index (χ4n) is 2.26. The Morgan fingerprint density at radius 2 is 1.77 bits per heavy atom. The number of hydrogen-bond donors (Lipinski definition) is 0. The van der Waals surface area contributed by atoms with Gasteiger partial charge in [0.25, 0.3) is 0 Å². The van der Waals surface area contributed by atoms with Crippen molar-refractivity contribution in [1.29, 1.82) is 0 Å². The predicted octanol–water partition coefficient (Wildman–Crippen LogP) is 2.84. The van der Waals surface area contributed by atoms with Gasteiger partial charge in [0, 0.05) is 12.1 Å². The summed E-state index contributed by atoms with van der Waals surface area (Å²) in [5.41, 5.74) is 1.46. The Morgan fingerprint density at radius 1 is 1.15 bits per heavy atom. The zero-order valence-electron chi connectivity index (χ0n) is 8.57. The van der Waals surface area contributed by atoms with Gasteiger partial charge in [0.05, 0.1) is 6.04 Å².